The second kappa shape index (κ2) is 5.94. The number of benzene rings is 2. The zero-order valence-corrected chi connectivity index (χ0v) is 13.6. The summed E-state index contributed by atoms with van der Waals surface area (Å²) < 4.78 is 13.2. The van der Waals surface area contributed by atoms with Crippen molar-refractivity contribution in [2.75, 3.05) is 5.73 Å². The van der Waals surface area contributed by atoms with Crippen LogP contribution in [-0.4, -0.2) is 15.0 Å². The van der Waals surface area contributed by atoms with E-state index in [2.05, 4.69) is 9.97 Å². The van der Waals surface area contributed by atoms with Crippen molar-refractivity contribution >= 4 is 17.0 Å². The maximum Gasteiger partial charge on any atom is 0.221 e. The Morgan fingerprint density at radius 3 is 2.36 bits per heavy atom. The fourth-order valence-electron chi connectivity index (χ4n) is 2.84. The van der Waals surface area contributed by atoms with Gasteiger partial charge in [-0.3, -0.25) is 0 Å². The lowest BCUT2D eigenvalue weighted by Crippen LogP contribution is -2.01. The molecular weight excluding hydrogens is 315 g/mol. The third-order valence-electron chi connectivity index (χ3n) is 4.10. The molecule has 25 heavy (non-hydrogen) atoms. The highest BCUT2D eigenvalue weighted by molar-refractivity contribution is 5.92. The SMILES string of the molecule is Cc1ccccc1-c1nc(N)nc2ccc(-c3ccc(F)cc3)nc12. The minimum atomic E-state index is -0.277. The first kappa shape index (κ1) is 15.2. The van der Waals surface area contributed by atoms with Gasteiger partial charge in [0.25, 0.3) is 0 Å². The van der Waals surface area contributed by atoms with E-state index in [0.29, 0.717) is 16.7 Å². The van der Waals surface area contributed by atoms with Crippen LogP contribution in [0.1, 0.15) is 5.56 Å². The van der Waals surface area contributed by atoms with E-state index in [1.807, 2.05) is 43.3 Å². The maximum atomic E-state index is 13.2. The number of nitrogens with two attached hydrogens (primary N) is 1. The monoisotopic (exact) mass is 330 g/mol. The predicted molar refractivity (Wildman–Crippen MR) is 97.3 cm³/mol. The van der Waals surface area contributed by atoms with Crippen LogP contribution in [-0.2, 0) is 0 Å². The molecule has 0 saturated heterocycles. The Labute approximate surface area is 144 Å². The van der Waals surface area contributed by atoms with Gasteiger partial charge in [0.15, 0.2) is 0 Å². The van der Waals surface area contributed by atoms with Gasteiger partial charge in [-0.05, 0) is 48.9 Å². The Kier molecular flexibility index (Phi) is 3.61. The van der Waals surface area contributed by atoms with Crippen LogP contribution >= 0.6 is 0 Å². The largest absolute Gasteiger partial charge is 0.368 e. The Balaban J connectivity index is 1.97. The van der Waals surface area contributed by atoms with E-state index in [4.69, 9.17) is 10.7 Å². The quantitative estimate of drug-likeness (QED) is 0.592. The van der Waals surface area contributed by atoms with Crippen molar-refractivity contribution in [3.8, 4) is 22.5 Å². The number of aryl methyl sites for hydroxylation is 1. The molecular formula is C20H15FN4. The van der Waals surface area contributed by atoms with E-state index in [0.717, 1.165) is 22.4 Å². The van der Waals surface area contributed by atoms with Crippen LogP contribution in [0.4, 0.5) is 10.3 Å². The number of hydrogen-bond donors (Lipinski definition) is 1. The lowest BCUT2D eigenvalue weighted by Gasteiger charge is -2.10. The number of nitrogen functional groups attached to an aromatic ring is 1. The number of pyridine rings is 1. The van der Waals surface area contributed by atoms with Gasteiger partial charge in [-0.25, -0.2) is 19.3 Å². The summed E-state index contributed by atoms with van der Waals surface area (Å²) in [7, 11) is 0. The van der Waals surface area contributed by atoms with Gasteiger partial charge in [-0.15, -0.1) is 0 Å². The molecule has 0 bridgehead atoms. The molecule has 2 N–H and O–H groups in total. The van der Waals surface area contributed by atoms with Crippen LogP contribution in [0.5, 0.6) is 0 Å². The molecule has 0 unspecified atom stereocenters. The smallest absolute Gasteiger partial charge is 0.221 e. The van der Waals surface area contributed by atoms with E-state index in [9.17, 15) is 4.39 Å². The standard InChI is InChI=1S/C20H15FN4/c1-12-4-2-3-5-15(12)18-19-17(24-20(22)25-18)11-10-16(23-19)13-6-8-14(21)9-7-13/h2-11H,1H3,(H2,22,24,25). The Morgan fingerprint density at radius 1 is 0.840 bits per heavy atom. The van der Waals surface area contributed by atoms with Gasteiger partial charge >= 0.3 is 0 Å². The van der Waals surface area contributed by atoms with Crippen molar-refractivity contribution in [1.82, 2.24) is 15.0 Å². The van der Waals surface area contributed by atoms with Crippen molar-refractivity contribution in [1.29, 1.82) is 0 Å². The number of fused-ring (bicyclic) bond motifs is 1. The third-order valence-corrected chi connectivity index (χ3v) is 4.10. The fourth-order valence-corrected chi connectivity index (χ4v) is 2.84. The van der Waals surface area contributed by atoms with Crippen molar-refractivity contribution in [2.24, 2.45) is 0 Å². The first-order chi connectivity index (χ1) is 12.1. The van der Waals surface area contributed by atoms with Crippen LogP contribution in [0.3, 0.4) is 0 Å². The van der Waals surface area contributed by atoms with E-state index in [-0.39, 0.29) is 11.8 Å². The number of rotatable bonds is 2. The molecule has 0 spiro atoms. The summed E-state index contributed by atoms with van der Waals surface area (Å²) in [4.78, 5) is 13.4. The van der Waals surface area contributed by atoms with Gasteiger partial charge in [0, 0.05) is 11.1 Å². The maximum absolute atomic E-state index is 13.2. The average Bonchev–Trinajstić information content (AvgIpc) is 2.62. The van der Waals surface area contributed by atoms with Gasteiger partial charge < -0.3 is 5.73 Å². The van der Waals surface area contributed by atoms with Crippen LogP contribution in [0.2, 0.25) is 0 Å². The molecule has 122 valence electrons. The molecule has 0 amide bonds. The number of anilines is 1. The van der Waals surface area contributed by atoms with Crippen LogP contribution in [0.15, 0.2) is 60.7 Å². The number of nitrogens with zero attached hydrogens (tertiary/aromatic N) is 3. The first-order valence-corrected chi connectivity index (χ1v) is 7.88. The fraction of sp³-hybridized carbons (Fsp3) is 0.0500. The number of aromatic nitrogens is 3. The highest BCUT2D eigenvalue weighted by atomic mass is 19.1. The zero-order chi connectivity index (χ0) is 17.4. The molecule has 0 aliphatic heterocycles. The van der Waals surface area contributed by atoms with Crippen molar-refractivity contribution in [2.45, 2.75) is 6.92 Å². The van der Waals surface area contributed by atoms with Gasteiger partial charge in [0.2, 0.25) is 5.95 Å². The van der Waals surface area contributed by atoms with E-state index < -0.39 is 0 Å². The zero-order valence-electron chi connectivity index (χ0n) is 13.6. The lowest BCUT2D eigenvalue weighted by molar-refractivity contribution is 0.628. The van der Waals surface area contributed by atoms with Crippen LogP contribution in [0, 0.1) is 12.7 Å². The van der Waals surface area contributed by atoms with Crippen LogP contribution < -0.4 is 5.73 Å². The molecule has 2 aromatic heterocycles. The molecule has 0 radical (unpaired) electrons. The van der Waals surface area contributed by atoms with Crippen molar-refractivity contribution in [3.05, 3.63) is 72.0 Å². The molecule has 0 saturated carbocycles. The van der Waals surface area contributed by atoms with E-state index in [1.165, 1.54) is 12.1 Å². The first-order valence-electron chi connectivity index (χ1n) is 7.88. The Hall–Kier alpha value is -3.34. The summed E-state index contributed by atoms with van der Waals surface area (Å²) in [6.45, 7) is 2.02. The molecule has 0 atom stereocenters. The Morgan fingerprint density at radius 2 is 1.60 bits per heavy atom. The molecule has 0 aliphatic carbocycles. The Bertz CT molecular complexity index is 1070. The molecule has 4 nitrogen and oxygen atoms in total. The van der Waals surface area contributed by atoms with Crippen LogP contribution in [0.25, 0.3) is 33.5 Å². The van der Waals surface area contributed by atoms with Gasteiger partial charge in [-0.1, -0.05) is 24.3 Å². The van der Waals surface area contributed by atoms with E-state index >= 15 is 0 Å². The topological polar surface area (TPSA) is 64.7 Å². The summed E-state index contributed by atoms with van der Waals surface area (Å²) in [5.41, 5.74) is 11.5. The molecule has 5 heteroatoms. The second-order valence-electron chi connectivity index (χ2n) is 5.82. The molecule has 4 rings (SSSR count). The molecule has 2 heterocycles. The second-order valence-corrected chi connectivity index (χ2v) is 5.82. The summed E-state index contributed by atoms with van der Waals surface area (Å²) in [5, 5.41) is 0. The van der Waals surface area contributed by atoms with E-state index in [1.54, 1.807) is 12.1 Å². The minimum Gasteiger partial charge on any atom is -0.368 e. The van der Waals surface area contributed by atoms with Gasteiger partial charge in [0.1, 0.15) is 17.0 Å². The normalized spacial score (nSPS) is 11.0. The summed E-state index contributed by atoms with van der Waals surface area (Å²) in [6.07, 6.45) is 0. The van der Waals surface area contributed by atoms with Gasteiger partial charge in [0.05, 0.1) is 11.2 Å². The van der Waals surface area contributed by atoms with Crippen molar-refractivity contribution in [3.63, 3.8) is 0 Å². The highest BCUT2D eigenvalue weighted by Gasteiger charge is 2.13. The molecule has 0 aliphatic rings. The lowest BCUT2D eigenvalue weighted by atomic mass is 10.0. The van der Waals surface area contributed by atoms with Gasteiger partial charge in [-0.2, -0.15) is 0 Å². The molecule has 4 aromatic rings. The third kappa shape index (κ3) is 2.80. The number of hydrogen-bond acceptors (Lipinski definition) is 4. The summed E-state index contributed by atoms with van der Waals surface area (Å²) in [6, 6.07) is 17.9. The average molecular weight is 330 g/mol. The highest BCUT2D eigenvalue weighted by Crippen LogP contribution is 2.29. The molecule has 2 aromatic carbocycles. The minimum absolute atomic E-state index is 0.210. The number of halogens is 1. The molecule has 0 fully saturated rings. The summed E-state index contributed by atoms with van der Waals surface area (Å²) >= 11 is 0. The predicted octanol–water partition coefficient (Wildman–Crippen LogP) is 4.39. The van der Waals surface area contributed by atoms with Crippen molar-refractivity contribution < 1.29 is 4.39 Å². The summed E-state index contributed by atoms with van der Waals surface area (Å²) in [5.74, 6) is -0.0664.